The molecule has 1 fully saturated rings. The molecule has 1 saturated heterocycles. The second-order valence-corrected chi connectivity index (χ2v) is 8.83. The van der Waals surface area contributed by atoms with Crippen LogP contribution >= 0.6 is 21.6 Å². The van der Waals surface area contributed by atoms with Crippen LogP contribution < -0.4 is 29.6 Å². The number of hydroxylamine groups is 2. The Bertz CT molecular complexity index is 744. The zero-order chi connectivity index (χ0) is 18.4. The number of hydrogen-bond donors (Lipinski definition) is 0. The van der Waals surface area contributed by atoms with Crippen molar-refractivity contribution in [3.05, 3.63) is 24.4 Å². The van der Waals surface area contributed by atoms with Gasteiger partial charge in [0, 0.05) is 24.8 Å². The van der Waals surface area contributed by atoms with Crippen LogP contribution in [0.2, 0.25) is 0 Å². The Morgan fingerprint density at radius 3 is 2.50 bits per heavy atom. The van der Waals surface area contributed by atoms with Crippen molar-refractivity contribution in [3.63, 3.8) is 0 Å². The maximum atomic E-state index is 11.9. The van der Waals surface area contributed by atoms with Crippen LogP contribution in [0.3, 0.4) is 0 Å². The number of pyridine rings is 1. The van der Waals surface area contributed by atoms with Crippen molar-refractivity contribution in [2.75, 3.05) is 5.75 Å². The smallest absolute Gasteiger partial charge is 0.747 e. The van der Waals surface area contributed by atoms with E-state index in [1.165, 1.54) is 21.6 Å². The maximum absolute atomic E-state index is 11.9. The first-order valence-corrected chi connectivity index (χ1v) is 10.8. The molecule has 1 aliphatic rings. The van der Waals surface area contributed by atoms with Gasteiger partial charge in [-0.15, -0.1) is 5.06 Å². The Balaban J connectivity index is 0.00000338. The summed E-state index contributed by atoms with van der Waals surface area (Å²) in [6.07, 6.45) is 1.02. The number of carbonyl (C=O) groups is 3. The van der Waals surface area contributed by atoms with Crippen LogP contribution in [-0.2, 0) is 29.3 Å². The van der Waals surface area contributed by atoms with Gasteiger partial charge in [0.15, 0.2) is 0 Å². The zero-order valence-corrected chi connectivity index (χ0v) is 18.1. The normalized spacial score (nSPS) is 15.5. The summed E-state index contributed by atoms with van der Waals surface area (Å²) in [7, 11) is -2.53. The van der Waals surface area contributed by atoms with E-state index in [0.717, 1.165) is 0 Å². The van der Waals surface area contributed by atoms with Gasteiger partial charge in [-0.05, 0) is 29.3 Å². The molecule has 0 radical (unpaired) electrons. The molecule has 2 rings (SSSR count). The molecule has 1 unspecified atom stereocenters. The summed E-state index contributed by atoms with van der Waals surface area (Å²) in [4.78, 5) is 43.3. The molecule has 0 aromatic carbocycles. The third-order valence-corrected chi connectivity index (χ3v) is 6.47. The van der Waals surface area contributed by atoms with Crippen LogP contribution in [-0.4, -0.2) is 51.8 Å². The van der Waals surface area contributed by atoms with Crippen molar-refractivity contribution in [1.82, 2.24) is 10.0 Å². The van der Waals surface area contributed by atoms with E-state index >= 15 is 0 Å². The molecule has 13 heteroatoms. The molecule has 0 spiro atoms. The Morgan fingerprint density at radius 2 is 1.96 bits per heavy atom. The fraction of sp³-hybridized carbons (Fsp3) is 0.385. The van der Waals surface area contributed by atoms with Gasteiger partial charge in [0.05, 0.1) is 0 Å². The third-order valence-electron chi connectivity index (χ3n) is 3.04. The van der Waals surface area contributed by atoms with Crippen molar-refractivity contribution in [2.45, 2.75) is 29.5 Å². The molecule has 1 aromatic rings. The SMILES string of the molecule is O=C(ON1C(=O)CCC1=O)C(CCSSc1ccccn1)S(=O)(=O)[O-].[Na+]. The van der Waals surface area contributed by atoms with Gasteiger partial charge in [-0.25, -0.2) is 18.2 Å². The van der Waals surface area contributed by atoms with Crippen LogP contribution in [0.15, 0.2) is 29.4 Å². The Labute approximate surface area is 180 Å². The van der Waals surface area contributed by atoms with Crippen LogP contribution in [0.25, 0.3) is 0 Å². The molecular formula is C13H13N2NaO7S3. The molecular weight excluding hydrogens is 415 g/mol. The minimum absolute atomic E-state index is 0. The quantitative estimate of drug-likeness (QED) is 0.147. The van der Waals surface area contributed by atoms with Gasteiger partial charge in [-0.2, -0.15) is 0 Å². The number of rotatable bonds is 8. The second-order valence-electron chi connectivity index (χ2n) is 4.84. The van der Waals surface area contributed by atoms with Gasteiger partial charge in [0.1, 0.15) is 20.4 Å². The number of imide groups is 1. The van der Waals surface area contributed by atoms with E-state index in [4.69, 9.17) is 0 Å². The van der Waals surface area contributed by atoms with E-state index in [1.54, 1.807) is 24.4 Å². The number of hydrogen-bond acceptors (Lipinski definition) is 10. The topological polar surface area (TPSA) is 134 Å². The Morgan fingerprint density at radius 1 is 1.31 bits per heavy atom. The van der Waals surface area contributed by atoms with E-state index in [0.29, 0.717) is 5.03 Å². The number of amides is 2. The van der Waals surface area contributed by atoms with Crippen molar-refractivity contribution in [1.29, 1.82) is 0 Å². The second kappa shape index (κ2) is 10.6. The molecule has 0 bridgehead atoms. The molecule has 2 amide bonds. The molecule has 0 aliphatic carbocycles. The van der Waals surface area contributed by atoms with Crippen LogP contribution in [0.4, 0.5) is 0 Å². The molecule has 2 heterocycles. The molecule has 0 saturated carbocycles. The number of carbonyl (C=O) groups excluding carboxylic acids is 3. The van der Waals surface area contributed by atoms with Crippen molar-refractivity contribution < 1.29 is 61.7 Å². The molecule has 136 valence electrons. The van der Waals surface area contributed by atoms with Crippen molar-refractivity contribution in [3.8, 4) is 0 Å². The average Bonchev–Trinajstić information content (AvgIpc) is 2.86. The molecule has 1 aliphatic heterocycles. The largest absolute Gasteiger partial charge is 1.00 e. The van der Waals surface area contributed by atoms with E-state index in [2.05, 4.69) is 9.82 Å². The van der Waals surface area contributed by atoms with E-state index in [9.17, 15) is 27.4 Å². The van der Waals surface area contributed by atoms with Crippen LogP contribution in [0.5, 0.6) is 0 Å². The summed E-state index contributed by atoms with van der Waals surface area (Å²) in [5.41, 5.74) is 0. The first-order valence-electron chi connectivity index (χ1n) is 7.02. The average molecular weight is 428 g/mol. The Kier molecular flexibility index (Phi) is 9.58. The third kappa shape index (κ3) is 6.83. The predicted molar refractivity (Wildman–Crippen MR) is 87.8 cm³/mol. The van der Waals surface area contributed by atoms with Gasteiger partial charge in [0.25, 0.3) is 11.8 Å². The van der Waals surface area contributed by atoms with Crippen LogP contribution in [0.1, 0.15) is 19.3 Å². The molecule has 26 heavy (non-hydrogen) atoms. The summed E-state index contributed by atoms with van der Waals surface area (Å²) in [6.45, 7) is 0. The summed E-state index contributed by atoms with van der Waals surface area (Å²) < 4.78 is 33.9. The minimum atomic E-state index is -5.00. The predicted octanol–water partition coefficient (Wildman–Crippen LogP) is -2.26. The van der Waals surface area contributed by atoms with E-state index in [1.807, 2.05) is 0 Å². The maximum Gasteiger partial charge on any atom is 1.00 e. The fourth-order valence-corrected chi connectivity index (χ4v) is 4.65. The minimum Gasteiger partial charge on any atom is -0.747 e. The van der Waals surface area contributed by atoms with Crippen molar-refractivity contribution in [2.24, 2.45) is 0 Å². The monoisotopic (exact) mass is 428 g/mol. The zero-order valence-electron chi connectivity index (χ0n) is 13.7. The summed E-state index contributed by atoms with van der Waals surface area (Å²) in [5, 5.41) is -1.09. The van der Waals surface area contributed by atoms with Gasteiger partial charge in [-0.1, -0.05) is 16.9 Å². The van der Waals surface area contributed by atoms with E-state index < -0.39 is 33.2 Å². The number of nitrogens with zero attached hydrogens (tertiary/aromatic N) is 2. The van der Waals surface area contributed by atoms with Gasteiger partial charge < -0.3 is 9.39 Å². The van der Waals surface area contributed by atoms with Gasteiger partial charge in [0.2, 0.25) is 0 Å². The summed E-state index contributed by atoms with van der Waals surface area (Å²) in [5.74, 6) is -2.78. The van der Waals surface area contributed by atoms with E-state index in [-0.39, 0.29) is 59.6 Å². The standard InChI is InChI=1S/C13H14N2O7S3.Na/c16-11-4-5-12(17)15(11)22-13(18)9(25(19,20)21)6-8-23-24-10-3-1-2-7-14-10;/h1-3,7,9H,4-6,8H2,(H,19,20,21);/q;+1/p-1. The fourth-order valence-electron chi connectivity index (χ4n) is 1.84. The first kappa shape index (κ1) is 23.4. The molecule has 1 atom stereocenters. The van der Waals surface area contributed by atoms with Gasteiger partial charge in [-0.3, -0.25) is 9.59 Å². The number of aromatic nitrogens is 1. The summed E-state index contributed by atoms with van der Waals surface area (Å²) in [6, 6.07) is 5.27. The molecule has 1 aromatic heterocycles. The van der Waals surface area contributed by atoms with Crippen LogP contribution in [0, 0.1) is 0 Å². The Hall–Kier alpha value is -0.630. The molecule has 9 nitrogen and oxygen atoms in total. The first-order chi connectivity index (χ1) is 11.8. The summed E-state index contributed by atoms with van der Waals surface area (Å²) >= 11 is 0. The van der Waals surface area contributed by atoms with Gasteiger partial charge >= 0.3 is 35.5 Å². The molecule has 0 N–H and O–H groups in total. The van der Waals surface area contributed by atoms with Crippen molar-refractivity contribution >= 4 is 49.5 Å².